The van der Waals surface area contributed by atoms with Crippen LogP contribution in [0.4, 0.5) is 0 Å². The maximum atomic E-state index is 6.61. The van der Waals surface area contributed by atoms with Crippen molar-refractivity contribution < 1.29 is 4.42 Å². The van der Waals surface area contributed by atoms with Crippen molar-refractivity contribution in [3.8, 4) is 67.5 Å². The molecule has 0 atom stereocenters. The number of fused-ring (bicyclic) bond motifs is 9. The van der Waals surface area contributed by atoms with Crippen molar-refractivity contribution in [3.63, 3.8) is 0 Å². The van der Waals surface area contributed by atoms with E-state index in [0.29, 0.717) is 17.5 Å². The molecule has 0 radical (unpaired) electrons. The van der Waals surface area contributed by atoms with Gasteiger partial charge in [-0.05, 0) is 92.0 Å². The Morgan fingerprint density at radius 3 is 1.74 bits per heavy atom. The third-order valence-corrected chi connectivity index (χ3v) is 15.2. The Bertz CT molecular complexity index is 4100. The molecule has 5 heteroatoms. The largest absolute Gasteiger partial charge is 0.456 e. The molecular formula is C64H39N3OS. The number of benzene rings is 10. The molecule has 0 unspecified atom stereocenters. The molecule has 0 aliphatic heterocycles. The third-order valence-electron chi connectivity index (χ3n) is 14.0. The quantitative estimate of drug-likeness (QED) is 0.160. The van der Waals surface area contributed by atoms with Crippen molar-refractivity contribution in [2.75, 3.05) is 0 Å². The lowest BCUT2D eigenvalue weighted by atomic mass is 9.67. The van der Waals surface area contributed by atoms with Crippen LogP contribution < -0.4 is 0 Å². The van der Waals surface area contributed by atoms with E-state index in [9.17, 15) is 0 Å². The van der Waals surface area contributed by atoms with Gasteiger partial charge in [-0.15, -0.1) is 11.3 Å². The molecule has 322 valence electrons. The van der Waals surface area contributed by atoms with Gasteiger partial charge in [0.25, 0.3) is 0 Å². The zero-order chi connectivity index (χ0) is 45.5. The van der Waals surface area contributed by atoms with Gasteiger partial charge >= 0.3 is 0 Å². The van der Waals surface area contributed by atoms with Gasteiger partial charge in [-0.3, -0.25) is 0 Å². The highest BCUT2D eigenvalue weighted by Gasteiger charge is 2.46. The van der Waals surface area contributed by atoms with Gasteiger partial charge in [0, 0.05) is 47.6 Å². The van der Waals surface area contributed by atoms with E-state index in [1.165, 1.54) is 59.1 Å². The number of rotatable bonds is 7. The topological polar surface area (TPSA) is 51.8 Å². The van der Waals surface area contributed by atoms with Gasteiger partial charge in [0.1, 0.15) is 11.2 Å². The first-order valence-electron chi connectivity index (χ1n) is 23.3. The molecule has 69 heavy (non-hydrogen) atoms. The minimum Gasteiger partial charge on any atom is -0.456 e. The lowest BCUT2D eigenvalue weighted by molar-refractivity contribution is 0.669. The molecule has 0 N–H and O–H groups in total. The van der Waals surface area contributed by atoms with Crippen LogP contribution in [0.25, 0.3) is 110 Å². The smallest absolute Gasteiger partial charge is 0.164 e. The van der Waals surface area contributed by atoms with Crippen molar-refractivity contribution in [2.24, 2.45) is 0 Å². The zero-order valence-corrected chi connectivity index (χ0v) is 38.0. The van der Waals surface area contributed by atoms with Gasteiger partial charge in [0.2, 0.25) is 0 Å². The van der Waals surface area contributed by atoms with E-state index in [1.54, 1.807) is 11.3 Å². The standard InChI is InChI=1S/C64H39N3OS/c1-4-17-40(18-5-1)61-65-62(44-33-35-49-48-25-11-13-32-57(48)69-58(49)39-44)67-63(66-61)51-28-16-31-56-60(51)52-38-42(34-36-55(52)68-56)41-19-14-20-43(37-41)47-27-15-30-54-59(47)50-26-10-12-29-53(50)64(54,45-21-6-2-7-22-45)46-23-8-3-9-24-46/h1-39H. The lowest BCUT2D eigenvalue weighted by Crippen LogP contribution is -2.28. The van der Waals surface area contributed by atoms with Crippen molar-refractivity contribution in [2.45, 2.75) is 5.41 Å². The molecule has 0 saturated heterocycles. The van der Waals surface area contributed by atoms with Crippen LogP contribution in [-0.4, -0.2) is 15.0 Å². The van der Waals surface area contributed by atoms with Gasteiger partial charge in [-0.1, -0.05) is 200 Å². The van der Waals surface area contributed by atoms with Crippen LogP contribution in [0.2, 0.25) is 0 Å². The van der Waals surface area contributed by atoms with Gasteiger partial charge in [-0.25, -0.2) is 15.0 Å². The number of hydrogen-bond acceptors (Lipinski definition) is 5. The second-order valence-electron chi connectivity index (χ2n) is 17.8. The summed E-state index contributed by atoms with van der Waals surface area (Å²) in [6.45, 7) is 0. The SMILES string of the molecule is c1ccc(-c2nc(-c3ccc4c(c3)sc3ccccc34)nc(-c3cccc4oc5ccc(-c6cccc(-c7cccc8c7-c7ccccc7C8(c7ccccc7)c7ccccc7)c6)cc5c34)n2)cc1. The molecule has 0 saturated carbocycles. The molecule has 0 amide bonds. The number of hydrogen-bond donors (Lipinski definition) is 0. The van der Waals surface area contributed by atoms with E-state index in [-0.39, 0.29) is 0 Å². The number of furan rings is 1. The maximum Gasteiger partial charge on any atom is 0.164 e. The molecule has 1 aliphatic rings. The predicted octanol–water partition coefficient (Wildman–Crippen LogP) is 16.8. The van der Waals surface area contributed by atoms with Gasteiger partial charge < -0.3 is 4.42 Å². The van der Waals surface area contributed by atoms with Crippen molar-refractivity contribution in [3.05, 3.63) is 259 Å². The molecule has 0 fully saturated rings. The van der Waals surface area contributed by atoms with E-state index < -0.39 is 5.41 Å². The second-order valence-corrected chi connectivity index (χ2v) is 18.9. The Labute approximate surface area is 402 Å². The predicted molar refractivity (Wildman–Crippen MR) is 284 cm³/mol. The highest BCUT2D eigenvalue weighted by atomic mass is 32.1. The molecule has 10 aromatic carbocycles. The zero-order valence-electron chi connectivity index (χ0n) is 37.2. The number of aromatic nitrogens is 3. The molecule has 0 bridgehead atoms. The van der Waals surface area contributed by atoms with Crippen LogP contribution >= 0.6 is 11.3 Å². The average molecular weight is 898 g/mol. The normalized spacial score (nSPS) is 12.8. The van der Waals surface area contributed by atoms with E-state index in [0.717, 1.165) is 55.3 Å². The summed E-state index contributed by atoms with van der Waals surface area (Å²) in [5.74, 6) is 1.84. The third kappa shape index (κ3) is 6.18. The Morgan fingerprint density at radius 2 is 0.913 bits per heavy atom. The summed E-state index contributed by atoms with van der Waals surface area (Å²) in [5.41, 5.74) is 16.1. The van der Waals surface area contributed by atoms with Crippen LogP contribution in [0, 0.1) is 0 Å². The second kappa shape index (κ2) is 15.7. The minimum atomic E-state index is -0.471. The number of nitrogens with zero attached hydrogens (tertiary/aromatic N) is 3. The van der Waals surface area contributed by atoms with Crippen molar-refractivity contribution in [1.82, 2.24) is 15.0 Å². The Hall–Kier alpha value is -8.77. The van der Waals surface area contributed by atoms with Crippen LogP contribution in [0.1, 0.15) is 22.3 Å². The first-order valence-corrected chi connectivity index (χ1v) is 24.1. The summed E-state index contributed by atoms with van der Waals surface area (Å²) in [6, 6.07) is 84.8. The van der Waals surface area contributed by atoms with E-state index in [4.69, 9.17) is 19.4 Å². The first kappa shape index (κ1) is 39.4. The fourth-order valence-electron chi connectivity index (χ4n) is 11.0. The first-order chi connectivity index (χ1) is 34.2. The van der Waals surface area contributed by atoms with Gasteiger partial charge in [-0.2, -0.15) is 0 Å². The molecule has 4 nitrogen and oxygen atoms in total. The Balaban J connectivity index is 0.913. The molecule has 1 aliphatic carbocycles. The van der Waals surface area contributed by atoms with E-state index in [1.807, 2.05) is 30.3 Å². The fourth-order valence-corrected chi connectivity index (χ4v) is 12.1. The molecule has 14 rings (SSSR count). The van der Waals surface area contributed by atoms with Gasteiger partial charge in [0.05, 0.1) is 5.41 Å². The van der Waals surface area contributed by atoms with Crippen LogP contribution in [0.15, 0.2) is 241 Å². The fraction of sp³-hybridized carbons (Fsp3) is 0.0156. The van der Waals surface area contributed by atoms with E-state index >= 15 is 0 Å². The summed E-state index contributed by atoms with van der Waals surface area (Å²) in [4.78, 5) is 15.6. The molecular weight excluding hydrogens is 859 g/mol. The summed E-state index contributed by atoms with van der Waals surface area (Å²) in [7, 11) is 0. The molecule has 0 spiro atoms. The lowest BCUT2D eigenvalue weighted by Gasteiger charge is -2.34. The highest BCUT2D eigenvalue weighted by molar-refractivity contribution is 7.25. The average Bonchev–Trinajstić information content (AvgIpc) is 4.09. The van der Waals surface area contributed by atoms with Gasteiger partial charge in [0.15, 0.2) is 17.5 Å². The summed E-state index contributed by atoms with van der Waals surface area (Å²) >= 11 is 1.79. The summed E-state index contributed by atoms with van der Waals surface area (Å²) < 4.78 is 9.07. The van der Waals surface area contributed by atoms with E-state index in [2.05, 4.69) is 206 Å². The Morgan fingerprint density at radius 1 is 0.333 bits per heavy atom. The summed E-state index contributed by atoms with van der Waals surface area (Å²) in [6.07, 6.45) is 0. The van der Waals surface area contributed by atoms with Crippen molar-refractivity contribution >= 4 is 53.4 Å². The molecule has 3 heterocycles. The van der Waals surface area contributed by atoms with Crippen molar-refractivity contribution in [1.29, 1.82) is 0 Å². The monoisotopic (exact) mass is 897 g/mol. The van der Waals surface area contributed by atoms with Crippen LogP contribution in [0.5, 0.6) is 0 Å². The maximum absolute atomic E-state index is 6.61. The summed E-state index contributed by atoms with van der Waals surface area (Å²) in [5, 5.41) is 4.47. The highest BCUT2D eigenvalue weighted by Crippen LogP contribution is 2.58. The van der Waals surface area contributed by atoms with Crippen LogP contribution in [-0.2, 0) is 5.41 Å². The minimum absolute atomic E-state index is 0.471. The molecule has 13 aromatic rings. The molecule has 3 aromatic heterocycles. The van der Waals surface area contributed by atoms with Crippen LogP contribution in [0.3, 0.4) is 0 Å². The Kier molecular flexibility index (Phi) is 8.95. The number of thiophene rings is 1.